The molecule has 6 nitrogen and oxygen atoms in total. The molecular weight excluding hydrogens is 506 g/mol. The Morgan fingerprint density at radius 1 is 0.865 bits per heavy atom. The maximum absolute atomic E-state index is 13.1. The Hall–Kier alpha value is -3.88. The van der Waals surface area contributed by atoms with Crippen LogP contribution in [0.4, 0.5) is 5.00 Å². The Bertz CT molecular complexity index is 1340. The fourth-order valence-corrected chi connectivity index (χ4v) is 5.59. The van der Waals surface area contributed by atoms with E-state index < -0.39 is 29.7 Å². The lowest BCUT2D eigenvalue weighted by atomic mass is 10.0. The Balaban J connectivity index is 1.47. The number of benzene rings is 3. The molecule has 0 spiro atoms. The van der Waals surface area contributed by atoms with Gasteiger partial charge in [0.15, 0.2) is 6.61 Å². The van der Waals surface area contributed by atoms with E-state index in [-0.39, 0.29) is 12.2 Å². The first kappa shape index (κ1) is 26.2. The van der Waals surface area contributed by atoms with Crippen LogP contribution < -0.4 is 5.32 Å². The number of nitrogens with one attached hydrogen (secondary N) is 1. The second-order valence-electron chi connectivity index (χ2n) is 7.82. The summed E-state index contributed by atoms with van der Waals surface area (Å²) in [6.45, 7) is 1.44. The Labute approximate surface area is 223 Å². The number of thioether (sulfide) groups is 1. The Morgan fingerprint density at radius 2 is 1.49 bits per heavy atom. The monoisotopic (exact) mass is 531 g/mol. The number of amides is 1. The number of esters is 2. The van der Waals surface area contributed by atoms with E-state index >= 15 is 0 Å². The van der Waals surface area contributed by atoms with Gasteiger partial charge >= 0.3 is 11.9 Å². The van der Waals surface area contributed by atoms with Crippen LogP contribution in [-0.2, 0) is 19.1 Å². The molecule has 1 aromatic heterocycles. The molecule has 1 amide bonds. The van der Waals surface area contributed by atoms with Crippen molar-refractivity contribution in [2.24, 2.45) is 0 Å². The summed E-state index contributed by atoms with van der Waals surface area (Å²) in [4.78, 5) is 39.5. The minimum absolute atomic E-state index is 0.202. The molecule has 3 aromatic carbocycles. The molecule has 0 aliphatic carbocycles. The zero-order valence-electron chi connectivity index (χ0n) is 20.1. The molecule has 1 atom stereocenters. The molecule has 0 aliphatic rings. The summed E-state index contributed by atoms with van der Waals surface area (Å²) in [5.74, 6) is -1.60. The summed E-state index contributed by atoms with van der Waals surface area (Å²) in [7, 11) is 0. The summed E-state index contributed by atoms with van der Waals surface area (Å²) >= 11 is 2.57. The van der Waals surface area contributed by atoms with Crippen LogP contribution in [0.15, 0.2) is 101 Å². The standard InChI is InChI=1S/C29H25NO5S2/c1-2-34-28(32)25-23(20-12-6-3-7-13-20)19-36-27(25)30-24(31)18-35-29(33)26(21-14-8-4-9-15-21)37-22-16-10-5-11-17-22/h3-17,19,26H,2,18H2,1H3,(H,30,31). The van der Waals surface area contributed by atoms with E-state index in [9.17, 15) is 14.4 Å². The van der Waals surface area contributed by atoms with Gasteiger partial charge in [-0.1, -0.05) is 78.9 Å². The van der Waals surface area contributed by atoms with Crippen LogP contribution in [0.2, 0.25) is 0 Å². The second kappa shape index (κ2) is 12.9. The van der Waals surface area contributed by atoms with Crippen LogP contribution in [0.3, 0.4) is 0 Å². The van der Waals surface area contributed by atoms with Gasteiger partial charge in [0.05, 0.1) is 6.61 Å². The molecule has 0 aliphatic heterocycles. The maximum Gasteiger partial charge on any atom is 0.341 e. The van der Waals surface area contributed by atoms with Crippen molar-refractivity contribution in [1.82, 2.24) is 0 Å². The molecule has 8 heteroatoms. The highest BCUT2D eigenvalue weighted by Gasteiger charge is 2.26. The van der Waals surface area contributed by atoms with Crippen molar-refractivity contribution in [2.45, 2.75) is 17.1 Å². The smallest absolute Gasteiger partial charge is 0.341 e. The third kappa shape index (κ3) is 6.87. The first-order chi connectivity index (χ1) is 18.1. The zero-order chi connectivity index (χ0) is 26.0. The van der Waals surface area contributed by atoms with E-state index in [1.807, 2.05) is 91.0 Å². The Morgan fingerprint density at radius 3 is 2.14 bits per heavy atom. The SMILES string of the molecule is CCOC(=O)c1c(-c2ccccc2)csc1NC(=O)COC(=O)C(Sc1ccccc1)c1ccccc1. The molecule has 4 aromatic rings. The average Bonchev–Trinajstić information content (AvgIpc) is 3.35. The van der Waals surface area contributed by atoms with Gasteiger partial charge in [-0.25, -0.2) is 4.79 Å². The molecule has 0 saturated heterocycles. The van der Waals surface area contributed by atoms with Crippen LogP contribution >= 0.6 is 23.1 Å². The predicted molar refractivity (Wildman–Crippen MR) is 147 cm³/mol. The van der Waals surface area contributed by atoms with Crippen molar-refractivity contribution in [3.8, 4) is 11.1 Å². The predicted octanol–water partition coefficient (Wildman–Crippen LogP) is 6.61. The lowest BCUT2D eigenvalue weighted by Gasteiger charge is -2.16. The van der Waals surface area contributed by atoms with Gasteiger partial charge in [0.1, 0.15) is 15.8 Å². The average molecular weight is 532 g/mol. The normalized spacial score (nSPS) is 11.4. The summed E-state index contributed by atoms with van der Waals surface area (Å²) in [5, 5.41) is 4.22. The third-order valence-corrected chi connectivity index (χ3v) is 7.41. The van der Waals surface area contributed by atoms with Gasteiger partial charge in [-0.05, 0) is 30.2 Å². The van der Waals surface area contributed by atoms with E-state index in [0.29, 0.717) is 10.6 Å². The maximum atomic E-state index is 13.1. The molecule has 0 saturated carbocycles. The van der Waals surface area contributed by atoms with Gasteiger partial charge in [-0.2, -0.15) is 0 Å². The molecule has 0 radical (unpaired) electrons. The van der Waals surface area contributed by atoms with Crippen molar-refractivity contribution in [3.63, 3.8) is 0 Å². The zero-order valence-corrected chi connectivity index (χ0v) is 21.7. The lowest BCUT2D eigenvalue weighted by molar-refractivity contribution is -0.146. The number of hydrogen-bond donors (Lipinski definition) is 1. The Kier molecular flexibility index (Phi) is 9.13. The first-order valence-electron chi connectivity index (χ1n) is 11.6. The quantitative estimate of drug-likeness (QED) is 0.183. The largest absolute Gasteiger partial charge is 0.462 e. The van der Waals surface area contributed by atoms with Crippen LogP contribution in [0.25, 0.3) is 11.1 Å². The lowest BCUT2D eigenvalue weighted by Crippen LogP contribution is -2.23. The van der Waals surface area contributed by atoms with Crippen LogP contribution in [0, 0.1) is 0 Å². The van der Waals surface area contributed by atoms with Gasteiger partial charge in [0, 0.05) is 15.8 Å². The highest BCUT2D eigenvalue weighted by atomic mass is 32.2. The molecule has 0 bridgehead atoms. The molecule has 1 N–H and O–H groups in total. The first-order valence-corrected chi connectivity index (χ1v) is 13.4. The van der Waals surface area contributed by atoms with Crippen LogP contribution in [-0.4, -0.2) is 31.1 Å². The molecular formula is C29H25NO5S2. The number of ether oxygens (including phenoxy) is 2. The van der Waals surface area contributed by atoms with Crippen molar-refractivity contribution < 1.29 is 23.9 Å². The number of rotatable bonds is 10. The van der Waals surface area contributed by atoms with Crippen molar-refractivity contribution in [2.75, 3.05) is 18.5 Å². The number of thiophene rings is 1. The molecule has 1 heterocycles. The fraction of sp³-hybridized carbons (Fsp3) is 0.138. The van der Waals surface area contributed by atoms with E-state index in [0.717, 1.165) is 16.0 Å². The number of hydrogen-bond acceptors (Lipinski definition) is 7. The summed E-state index contributed by atoms with van der Waals surface area (Å²) in [6, 6.07) is 28.2. The topological polar surface area (TPSA) is 81.7 Å². The second-order valence-corrected chi connectivity index (χ2v) is 9.88. The van der Waals surface area contributed by atoms with Crippen molar-refractivity contribution >= 4 is 45.9 Å². The number of carbonyl (C=O) groups excluding carboxylic acids is 3. The van der Waals surface area contributed by atoms with Crippen LogP contribution in [0.5, 0.6) is 0 Å². The summed E-state index contributed by atoms with van der Waals surface area (Å²) in [6.07, 6.45) is 0. The minimum Gasteiger partial charge on any atom is -0.462 e. The number of anilines is 1. The molecule has 0 fully saturated rings. The van der Waals surface area contributed by atoms with Gasteiger partial charge in [0.25, 0.3) is 5.91 Å². The highest BCUT2D eigenvalue weighted by molar-refractivity contribution is 8.00. The van der Waals surface area contributed by atoms with Gasteiger partial charge < -0.3 is 14.8 Å². The molecule has 4 rings (SSSR count). The van der Waals surface area contributed by atoms with Gasteiger partial charge in [0.2, 0.25) is 0 Å². The van der Waals surface area contributed by atoms with Gasteiger partial charge in [-0.3, -0.25) is 9.59 Å². The van der Waals surface area contributed by atoms with E-state index in [4.69, 9.17) is 9.47 Å². The number of carbonyl (C=O) groups is 3. The fourth-order valence-electron chi connectivity index (χ4n) is 3.58. The third-order valence-electron chi connectivity index (χ3n) is 5.27. The van der Waals surface area contributed by atoms with Crippen molar-refractivity contribution in [1.29, 1.82) is 0 Å². The van der Waals surface area contributed by atoms with Gasteiger partial charge in [-0.15, -0.1) is 23.1 Å². The summed E-state index contributed by atoms with van der Waals surface area (Å²) in [5.41, 5.74) is 2.55. The highest BCUT2D eigenvalue weighted by Crippen LogP contribution is 2.37. The molecule has 37 heavy (non-hydrogen) atoms. The van der Waals surface area contributed by atoms with Crippen molar-refractivity contribution in [3.05, 3.63) is 108 Å². The molecule has 188 valence electrons. The van der Waals surface area contributed by atoms with E-state index in [1.54, 1.807) is 12.3 Å². The van der Waals surface area contributed by atoms with E-state index in [2.05, 4.69) is 5.32 Å². The molecule has 1 unspecified atom stereocenters. The summed E-state index contributed by atoms with van der Waals surface area (Å²) < 4.78 is 10.7. The van der Waals surface area contributed by atoms with Crippen LogP contribution in [0.1, 0.15) is 28.1 Å². The van der Waals surface area contributed by atoms with E-state index in [1.165, 1.54) is 23.1 Å². The minimum atomic E-state index is -0.641.